The van der Waals surface area contributed by atoms with E-state index in [4.69, 9.17) is 5.73 Å². The lowest BCUT2D eigenvalue weighted by molar-refractivity contribution is -0.123. The molecular formula is C15H20FN3O. The van der Waals surface area contributed by atoms with Crippen molar-refractivity contribution in [1.29, 1.82) is 0 Å². The number of ketones is 1. The Labute approximate surface area is 118 Å². The number of pyridine rings is 1. The number of Topliss-reactive ketones (excluding diaryl/α,β-unsaturated/α-hetero) is 1. The second-order valence-corrected chi connectivity index (χ2v) is 5.79. The van der Waals surface area contributed by atoms with E-state index in [9.17, 15) is 9.18 Å². The standard InChI is InChI=1S/C15H20FN3O/c16-13-9-18-6-4-14(13)19-11-1-2-12(19)8-10(7-11)15(20)3-5-17/h4,6,9-12H,1-3,5,7-8,17H2. The van der Waals surface area contributed by atoms with Crippen LogP contribution in [0.5, 0.6) is 0 Å². The molecule has 1 aromatic heterocycles. The first-order valence-corrected chi connectivity index (χ1v) is 7.31. The molecule has 4 nitrogen and oxygen atoms in total. The fraction of sp³-hybridized carbons (Fsp3) is 0.600. The maximum Gasteiger partial charge on any atom is 0.164 e. The van der Waals surface area contributed by atoms with Gasteiger partial charge in [-0.1, -0.05) is 0 Å². The molecule has 5 heteroatoms. The highest BCUT2D eigenvalue weighted by molar-refractivity contribution is 5.81. The topological polar surface area (TPSA) is 59.2 Å². The molecule has 0 saturated carbocycles. The second-order valence-electron chi connectivity index (χ2n) is 5.79. The first kappa shape index (κ1) is 13.5. The summed E-state index contributed by atoms with van der Waals surface area (Å²) in [4.78, 5) is 18.0. The third-order valence-corrected chi connectivity index (χ3v) is 4.61. The lowest BCUT2D eigenvalue weighted by atomic mass is 9.86. The van der Waals surface area contributed by atoms with Crippen molar-refractivity contribution in [2.75, 3.05) is 11.4 Å². The molecule has 2 aliphatic rings. The molecular weight excluding hydrogens is 257 g/mol. The Balaban J connectivity index is 1.79. The number of halogens is 1. The van der Waals surface area contributed by atoms with Gasteiger partial charge in [-0.2, -0.15) is 0 Å². The number of carbonyl (C=O) groups excluding carboxylic acids is 1. The molecule has 0 aliphatic carbocycles. The van der Waals surface area contributed by atoms with Crippen molar-refractivity contribution in [3.8, 4) is 0 Å². The molecule has 2 unspecified atom stereocenters. The van der Waals surface area contributed by atoms with E-state index in [1.54, 1.807) is 12.3 Å². The van der Waals surface area contributed by atoms with Gasteiger partial charge in [-0.05, 0) is 38.3 Å². The van der Waals surface area contributed by atoms with Crippen molar-refractivity contribution < 1.29 is 9.18 Å². The van der Waals surface area contributed by atoms with E-state index in [0.717, 1.165) is 25.7 Å². The summed E-state index contributed by atoms with van der Waals surface area (Å²) in [5.41, 5.74) is 6.11. The molecule has 0 amide bonds. The lowest BCUT2D eigenvalue weighted by Crippen LogP contribution is -2.45. The van der Waals surface area contributed by atoms with E-state index >= 15 is 0 Å². The van der Waals surface area contributed by atoms with Gasteiger partial charge in [-0.25, -0.2) is 4.39 Å². The van der Waals surface area contributed by atoms with E-state index in [2.05, 4.69) is 9.88 Å². The fourth-order valence-corrected chi connectivity index (χ4v) is 3.76. The zero-order valence-electron chi connectivity index (χ0n) is 11.5. The average molecular weight is 277 g/mol. The van der Waals surface area contributed by atoms with E-state index < -0.39 is 0 Å². The summed E-state index contributed by atoms with van der Waals surface area (Å²) in [6.07, 6.45) is 7.10. The minimum Gasteiger partial charge on any atom is -0.363 e. The van der Waals surface area contributed by atoms with Crippen molar-refractivity contribution in [3.05, 3.63) is 24.3 Å². The van der Waals surface area contributed by atoms with Gasteiger partial charge in [0.1, 0.15) is 5.78 Å². The predicted octanol–water partition coefficient (Wildman–Crippen LogP) is 1.89. The van der Waals surface area contributed by atoms with Gasteiger partial charge in [-0.15, -0.1) is 0 Å². The van der Waals surface area contributed by atoms with Crippen molar-refractivity contribution >= 4 is 11.5 Å². The Hall–Kier alpha value is -1.49. The number of hydrogen-bond donors (Lipinski definition) is 1. The molecule has 1 aromatic rings. The first-order chi connectivity index (χ1) is 9.70. The third-order valence-electron chi connectivity index (χ3n) is 4.61. The van der Waals surface area contributed by atoms with E-state index in [1.165, 1.54) is 6.20 Å². The van der Waals surface area contributed by atoms with Crippen LogP contribution in [-0.4, -0.2) is 29.4 Å². The van der Waals surface area contributed by atoms with Gasteiger partial charge in [0.05, 0.1) is 11.9 Å². The summed E-state index contributed by atoms with van der Waals surface area (Å²) in [7, 11) is 0. The van der Waals surface area contributed by atoms with Crippen LogP contribution in [0.25, 0.3) is 0 Å². The van der Waals surface area contributed by atoms with Crippen molar-refractivity contribution in [1.82, 2.24) is 4.98 Å². The van der Waals surface area contributed by atoms with Crippen molar-refractivity contribution in [2.45, 2.75) is 44.2 Å². The molecule has 2 atom stereocenters. The van der Waals surface area contributed by atoms with Crippen molar-refractivity contribution in [3.63, 3.8) is 0 Å². The predicted molar refractivity (Wildman–Crippen MR) is 74.9 cm³/mol. The van der Waals surface area contributed by atoms with Crippen LogP contribution in [0, 0.1) is 11.7 Å². The summed E-state index contributed by atoms with van der Waals surface area (Å²) in [5, 5.41) is 0. The molecule has 20 heavy (non-hydrogen) atoms. The number of rotatable bonds is 4. The number of fused-ring (bicyclic) bond motifs is 2. The van der Waals surface area contributed by atoms with Gasteiger partial charge in [0, 0.05) is 30.6 Å². The number of nitrogens with zero attached hydrogens (tertiary/aromatic N) is 2. The molecule has 0 radical (unpaired) electrons. The van der Waals surface area contributed by atoms with Crippen LogP contribution in [0.2, 0.25) is 0 Å². The SMILES string of the molecule is NCCC(=O)C1CC2CCC(C1)N2c1ccncc1F. The normalized spacial score (nSPS) is 28.7. The Kier molecular flexibility index (Phi) is 3.70. The average Bonchev–Trinajstić information content (AvgIpc) is 2.69. The zero-order valence-corrected chi connectivity index (χ0v) is 11.5. The van der Waals surface area contributed by atoms with E-state index in [-0.39, 0.29) is 29.6 Å². The van der Waals surface area contributed by atoms with Crippen LogP contribution in [0.1, 0.15) is 32.1 Å². The van der Waals surface area contributed by atoms with Crippen LogP contribution >= 0.6 is 0 Å². The van der Waals surface area contributed by atoms with E-state index in [0.29, 0.717) is 18.7 Å². The summed E-state index contributed by atoms with van der Waals surface area (Å²) in [5.74, 6) is 0.118. The first-order valence-electron chi connectivity index (χ1n) is 7.31. The number of hydrogen-bond acceptors (Lipinski definition) is 4. The quantitative estimate of drug-likeness (QED) is 0.913. The smallest absolute Gasteiger partial charge is 0.164 e. The monoisotopic (exact) mass is 277 g/mol. The molecule has 0 spiro atoms. The molecule has 2 fully saturated rings. The largest absolute Gasteiger partial charge is 0.363 e. The molecule has 2 N–H and O–H groups in total. The molecule has 3 heterocycles. The van der Waals surface area contributed by atoms with Gasteiger partial charge in [0.15, 0.2) is 5.82 Å². The van der Waals surface area contributed by atoms with E-state index in [1.807, 2.05) is 0 Å². The molecule has 3 rings (SSSR count). The van der Waals surface area contributed by atoms with Crippen LogP contribution in [-0.2, 0) is 4.79 Å². The van der Waals surface area contributed by atoms with Gasteiger partial charge >= 0.3 is 0 Å². The highest BCUT2D eigenvalue weighted by Crippen LogP contribution is 2.42. The van der Waals surface area contributed by atoms with Gasteiger partial charge < -0.3 is 10.6 Å². The van der Waals surface area contributed by atoms with Gasteiger partial charge in [-0.3, -0.25) is 9.78 Å². The van der Waals surface area contributed by atoms with Gasteiger partial charge in [0.2, 0.25) is 0 Å². The van der Waals surface area contributed by atoms with Crippen molar-refractivity contribution in [2.24, 2.45) is 11.7 Å². The fourth-order valence-electron chi connectivity index (χ4n) is 3.76. The number of piperidine rings is 1. The number of anilines is 1. The maximum absolute atomic E-state index is 13.9. The Morgan fingerprint density at radius 1 is 1.40 bits per heavy atom. The van der Waals surface area contributed by atoms with Crippen LogP contribution in [0.15, 0.2) is 18.5 Å². The second kappa shape index (κ2) is 5.48. The molecule has 0 aromatic carbocycles. The minimum absolute atomic E-state index is 0.109. The summed E-state index contributed by atoms with van der Waals surface area (Å²) in [6.45, 7) is 0.424. The highest BCUT2D eigenvalue weighted by Gasteiger charge is 2.43. The molecule has 2 bridgehead atoms. The maximum atomic E-state index is 13.9. The Morgan fingerprint density at radius 3 is 2.70 bits per heavy atom. The van der Waals surface area contributed by atoms with Crippen LogP contribution in [0.4, 0.5) is 10.1 Å². The molecule has 2 aliphatic heterocycles. The number of aromatic nitrogens is 1. The zero-order chi connectivity index (χ0) is 14.1. The summed E-state index contributed by atoms with van der Waals surface area (Å²) < 4.78 is 13.9. The van der Waals surface area contributed by atoms with Gasteiger partial charge in [0.25, 0.3) is 0 Å². The third kappa shape index (κ3) is 2.30. The van der Waals surface area contributed by atoms with Crippen LogP contribution in [0.3, 0.4) is 0 Å². The lowest BCUT2D eigenvalue weighted by Gasteiger charge is -2.40. The minimum atomic E-state index is -0.267. The number of carbonyl (C=O) groups is 1. The summed E-state index contributed by atoms with van der Waals surface area (Å²) in [6, 6.07) is 2.29. The van der Waals surface area contributed by atoms with Crippen LogP contribution < -0.4 is 10.6 Å². The molecule has 2 saturated heterocycles. The Morgan fingerprint density at radius 2 is 2.10 bits per heavy atom. The summed E-state index contributed by atoms with van der Waals surface area (Å²) >= 11 is 0. The Bertz CT molecular complexity index is 494. The molecule has 108 valence electrons. The number of nitrogens with two attached hydrogens (primary N) is 1. The highest BCUT2D eigenvalue weighted by atomic mass is 19.1.